The fraction of sp³-hybridized carbons (Fsp3) is 0.100. The van der Waals surface area contributed by atoms with Gasteiger partial charge in [-0.3, -0.25) is 4.98 Å². The van der Waals surface area contributed by atoms with Crippen LogP contribution in [-0.2, 0) is 0 Å². The highest BCUT2D eigenvalue weighted by Crippen LogP contribution is 2.38. The molecular weight excluding hydrogens is 396 g/mol. The van der Waals surface area contributed by atoms with Crippen molar-refractivity contribution in [3.05, 3.63) is 59.3 Å². The zero-order valence-electron chi connectivity index (χ0n) is 14.2. The second-order valence-corrected chi connectivity index (χ2v) is 6.36. The first-order chi connectivity index (χ1) is 12.7. The summed E-state index contributed by atoms with van der Waals surface area (Å²) in [5.74, 6) is 2.53. The highest BCUT2D eigenvalue weighted by Gasteiger charge is 2.13. The Morgan fingerprint density at radius 3 is 2.38 bits per heavy atom. The number of pyridine rings is 2. The van der Waals surface area contributed by atoms with Gasteiger partial charge in [0.25, 0.3) is 0 Å². The van der Waals surface area contributed by atoms with Crippen LogP contribution in [0.1, 0.15) is 0 Å². The van der Waals surface area contributed by atoms with Gasteiger partial charge >= 0.3 is 0 Å². The number of hydrogen-bond donors (Lipinski definition) is 0. The number of ether oxygens (including phenoxy) is 3. The van der Waals surface area contributed by atoms with E-state index in [0.717, 1.165) is 21.8 Å². The fourth-order valence-electron chi connectivity index (χ4n) is 2.80. The normalized spacial score (nSPS) is 10.9. The molecule has 0 unspecified atom stereocenters. The predicted molar refractivity (Wildman–Crippen MR) is 104 cm³/mol. The fourth-order valence-corrected chi connectivity index (χ4v) is 3.19. The molecule has 0 saturated heterocycles. The largest absolute Gasteiger partial charge is 0.493 e. The van der Waals surface area contributed by atoms with E-state index in [1.807, 2.05) is 48.5 Å². The monoisotopic (exact) mass is 410 g/mol. The van der Waals surface area contributed by atoms with E-state index < -0.39 is 0 Å². The van der Waals surface area contributed by atoms with Crippen molar-refractivity contribution in [1.82, 2.24) is 9.97 Å². The van der Waals surface area contributed by atoms with Crippen LogP contribution in [0.4, 0.5) is 0 Å². The van der Waals surface area contributed by atoms with E-state index in [4.69, 9.17) is 14.2 Å². The van der Waals surface area contributed by atoms with Gasteiger partial charge in [-0.1, -0.05) is 18.2 Å². The van der Waals surface area contributed by atoms with E-state index in [0.29, 0.717) is 27.6 Å². The zero-order chi connectivity index (χ0) is 18.1. The minimum Gasteiger partial charge on any atom is -0.493 e. The summed E-state index contributed by atoms with van der Waals surface area (Å²) in [5, 5.41) is 1.83. The molecule has 0 aliphatic carbocycles. The molecule has 0 amide bonds. The maximum Gasteiger partial charge on any atom is 0.162 e. The third-order valence-corrected chi connectivity index (χ3v) is 4.64. The SMILES string of the molecule is COc1cc2nccc(Oc3cc4ccccc4nc3Br)c2cc1OC. The molecule has 4 aromatic rings. The van der Waals surface area contributed by atoms with Gasteiger partial charge < -0.3 is 14.2 Å². The number of nitrogens with zero attached hydrogens (tertiary/aromatic N) is 2. The molecule has 6 heteroatoms. The Balaban J connectivity index is 1.83. The minimum absolute atomic E-state index is 0.619. The van der Waals surface area contributed by atoms with Gasteiger partial charge in [-0.05, 0) is 40.2 Å². The van der Waals surface area contributed by atoms with Crippen molar-refractivity contribution in [1.29, 1.82) is 0 Å². The smallest absolute Gasteiger partial charge is 0.162 e. The van der Waals surface area contributed by atoms with E-state index in [1.165, 1.54) is 0 Å². The highest BCUT2D eigenvalue weighted by molar-refractivity contribution is 9.10. The summed E-state index contributed by atoms with van der Waals surface area (Å²) in [7, 11) is 3.20. The van der Waals surface area contributed by atoms with Crippen molar-refractivity contribution in [2.24, 2.45) is 0 Å². The van der Waals surface area contributed by atoms with Crippen LogP contribution >= 0.6 is 15.9 Å². The molecule has 0 saturated carbocycles. The van der Waals surface area contributed by atoms with Gasteiger partial charge in [-0.2, -0.15) is 0 Å². The summed E-state index contributed by atoms with van der Waals surface area (Å²) in [6, 6.07) is 15.4. The van der Waals surface area contributed by atoms with Crippen LogP contribution in [-0.4, -0.2) is 24.2 Å². The summed E-state index contributed by atoms with van der Waals surface area (Å²) >= 11 is 3.49. The van der Waals surface area contributed by atoms with Gasteiger partial charge in [0.1, 0.15) is 10.4 Å². The predicted octanol–water partition coefficient (Wildman–Crippen LogP) is 5.36. The molecule has 2 aromatic heterocycles. The van der Waals surface area contributed by atoms with Crippen molar-refractivity contribution in [3.63, 3.8) is 0 Å². The van der Waals surface area contributed by atoms with E-state index >= 15 is 0 Å². The Bertz CT molecular complexity index is 1110. The van der Waals surface area contributed by atoms with E-state index in [9.17, 15) is 0 Å². The lowest BCUT2D eigenvalue weighted by molar-refractivity contribution is 0.355. The number of benzene rings is 2. The molecule has 26 heavy (non-hydrogen) atoms. The molecule has 0 atom stereocenters. The molecule has 0 bridgehead atoms. The van der Waals surface area contributed by atoms with Crippen LogP contribution in [0, 0.1) is 0 Å². The Labute approximate surface area is 158 Å². The number of para-hydroxylation sites is 1. The van der Waals surface area contributed by atoms with E-state index in [2.05, 4.69) is 25.9 Å². The van der Waals surface area contributed by atoms with Gasteiger partial charge in [0.2, 0.25) is 0 Å². The van der Waals surface area contributed by atoms with E-state index in [-0.39, 0.29) is 0 Å². The van der Waals surface area contributed by atoms with Gasteiger partial charge in [0.05, 0.1) is 25.3 Å². The maximum atomic E-state index is 6.16. The summed E-state index contributed by atoms with van der Waals surface area (Å²) in [6.45, 7) is 0. The number of aromatic nitrogens is 2. The molecule has 0 fully saturated rings. The summed E-state index contributed by atoms with van der Waals surface area (Å²) in [5.41, 5.74) is 1.66. The standard InChI is InChI=1S/C20H15BrN2O3/c1-24-17-10-13-15(11-18(17)25-2)22-8-7-16(13)26-19-9-12-5-3-4-6-14(12)23-20(19)21/h3-11H,1-2H3. The molecule has 0 N–H and O–H groups in total. The van der Waals surface area contributed by atoms with Crippen LogP contribution in [0.25, 0.3) is 21.8 Å². The molecule has 4 rings (SSSR count). The lowest BCUT2D eigenvalue weighted by Crippen LogP contribution is -1.94. The van der Waals surface area contributed by atoms with Crippen molar-refractivity contribution in [2.45, 2.75) is 0 Å². The molecule has 0 spiro atoms. The Morgan fingerprint density at radius 2 is 1.58 bits per heavy atom. The second-order valence-electron chi connectivity index (χ2n) is 5.61. The van der Waals surface area contributed by atoms with Crippen molar-refractivity contribution >= 4 is 37.7 Å². The Kier molecular flexibility index (Phi) is 4.34. The number of halogens is 1. The van der Waals surface area contributed by atoms with Crippen LogP contribution < -0.4 is 14.2 Å². The third kappa shape index (κ3) is 2.93. The van der Waals surface area contributed by atoms with Crippen LogP contribution in [0.5, 0.6) is 23.0 Å². The molecule has 5 nitrogen and oxygen atoms in total. The molecule has 0 radical (unpaired) electrons. The Hall–Kier alpha value is -2.86. The van der Waals surface area contributed by atoms with Gasteiger partial charge in [-0.15, -0.1) is 0 Å². The van der Waals surface area contributed by atoms with Crippen molar-refractivity contribution in [3.8, 4) is 23.0 Å². The highest BCUT2D eigenvalue weighted by atomic mass is 79.9. The molecular formula is C20H15BrN2O3. The van der Waals surface area contributed by atoms with Gasteiger partial charge in [-0.25, -0.2) is 4.98 Å². The second kappa shape index (κ2) is 6.80. The average molecular weight is 411 g/mol. The molecule has 2 aromatic carbocycles. The lowest BCUT2D eigenvalue weighted by atomic mass is 10.1. The maximum absolute atomic E-state index is 6.16. The lowest BCUT2D eigenvalue weighted by Gasteiger charge is -2.13. The number of fused-ring (bicyclic) bond motifs is 2. The van der Waals surface area contributed by atoms with Gasteiger partial charge in [0.15, 0.2) is 17.2 Å². The Morgan fingerprint density at radius 1 is 0.808 bits per heavy atom. The van der Waals surface area contributed by atoms with Crippen molar-refractivity contribution < 1.29 is 14.2 Å². The minimum atomic E-state index is 0.619. The number of rotatable bonds is 4. The first kappa shape index (κ1) is 16.6. The zero-order valence-corrected chi connectivity index (χ0v) is 15.8. The first-order valence-electron chi connectivity index (χ1n) is 7.93. The third-order valence-electron chi connectivity index (χ3n) is 4.07. The summed E-state index contributed by atoms with van der Waals surface area (Å²) in [6.07, 6.45) is 1.70. The number of methoxy groups -OCH3 is 2. The quantitative estimate of drug-likeness (QED) is 0.424. The van der Waals surface area contributed by atoms with Gasteiger partial charge in [0, 0.05) is 23.0 Å². The average Bonchev–Trinajstić information content (AvgIpc) is 2.67. The summed E-state index contributed by atoms with van der Waals surface area (Å²) < 4.78 is 17.5. The molecule has 130 valence electrons. The van der Waals surface area contributed by atoms with Crippen LogP contribution in [0.3, 0.4) is 0 Å². The number of hydrogen-bond acceptors (Lipinski definition) is 5. The van der Waals surface area contributed by atoms with Crippen LogP contribution in [0.15, 0.2) is 59.3 Å². The molecule has 0 aliphatic rings. The topological polar surface area (TPSA) is 53.5 Å². The van der Waals surface area contributed by atoms with E-state index in [1.54, 1.807) is 20.4 Å². The first-order valence-corrected chi connectivity index (χ1v) is 8.73. The van der Waals surface area contributed by atoms with Crippen molar-refractivity contribution in [2.75, 3.05) is 14.2 Å². The molecule has 0 aliphatic heterocycles. The van der Waals surface area contributed by atoms with Crippen LogP contribution in [0.2, 0.25) is 0 Å². The molecule has 2 heterocycles. The summed E-state index contributed by atoms with van der Waals surface area (Å²) in [4.78, 5) is 8.94.